The Hall–Kier alpha value is -0.900. The van der Waals surface area contributed by atoms with Gasteiger partial charge in [0.15, 0.2) is 0 Å². The molecule has 0 heterocycles. The average molecular weight is 290 g/mol. The lowest BCUT2D eigenvalue weighted by atomic mass is 10.1. The van der Waals surface area contributed by atoms with Crippen molar-refractivity contribution in [3.05, 3.63) is 35.4 Å². The Kier molecular flexibility index (Phi) is 6.68. The first-order valence-electron chi connectivity index (χ1n) is 8.22. The second-order valence-electron chi connectivity index (χ2n) is 6.56. The Labute approximate surface area is 129 Å². The third-order valence-corrected chi connectivity index (χ3v) is 4.00. The molecular weight excluding hydrogens is 260 g/mol. The van der Waals surface area contributed by atoms with Crippen LogP contribution in [0.25, 0.3) is 0 Å². The summed E-state index contributed by atoms with van der Waals surface area (Å²) in [7, 11) is 2.20. The molecule has 0 spiro atoms. The Balaban J connectivity index is 1.71. The molecule has 0 radical (unpaired) electrons. The Morgan fingerprint density at radius 3 is 2.62 bits per heavy atom. The molecule has 0 atom stereocenters. The fourth-order valence-corrected chi connectivity index (χ4v) is 2.45. The summed E-state index contributed by atoms with van der Waals surface area (Å²) >= 11 is 0. The molecule has 0 amide bonds. The van der Waals surface area contributed by atoms with E-state index < -0.39 is 0 Å². The van der Waals surface area contributed by atoms with Gasteiger partial charge >= 0.3 is 0 Å². The summed E-state index contributed by atoms with van der Waals surface area (Å²) < 4.78 is 5.87. The second kappa shape index (κ2) is 8.52. The van der Waals surface area contributed by atoms with Crippen molar-refractivity contribution >= 4 is 0 Å². The zero-order chi connectivity index (χ0) is 15.1. The van der Waals surface area contributed by atoms with Gasteiger partial charge in [-0.15, -0.1) is 0 Å². The van der Waals surface area contributed by atoms with Gasteiger partial charge in [0.1, 0.15) is 0 Å². The zero-order valence-corrected chi connectivity index (χ0v) is 13.8. The number of hydrogen-bond acceptors (Lipinski definition) is 3. The summed E-state index contributed by atoms with van der Waals surface area (Å²) in [5.41, 5.74) is 2.66. The number of likely N-dealkylation sites (N-methyl/N-ethyl adjacent to an activating group) is 1. The highest BCUT2D eigenvalue weighted by atomic mass is 16.5. The predicted molar refractivity (Wildman–Crippen MR) is 88.3 cm³/mol. The van der Waals surface area contributed by atoms with E-state index in [1.165, 1.54) is 24.0 Å². The number of rotatable bonds is 10. The molecule has 2 rings (SSSR count). The van der Waals surface area contributed by atoms with Gasteiger partial charge in [-0.1, -0.05) is 38.1 Å². The summed E-state index contributed by atoms with van der Waals surface area (Å²) in [5.74, 6) is 0.686. The van der Waals surface area contributed by atoms with Gasteiger partial charge in [0.25, 0.3) is 0 Å². The maximum Gasteiger partial charge on any atom is 0.0720 e. The number of benzene rings is 1. The molecule has 118 valence electrons. The van der Waals surface area contributed by atoms with Crippen LogP contribution in [0.15, 0.2) is 24.3 Å². The van der Waals surface area contributed by atoms with E-state index in [4.69, 9.17) is 4.74 Å². The van der Waals surface area contributed by atoms with Crippen LogP contribution < -0.4 is 5.32 Å². The van der Waals surface area contributed by atoms with Crippen LogP contribution in [-0.2, 0) is 17.9 Å². The van der Waals surface area contributed by atoms with Crippen molar-refractivity contribution in [2.75, 3.05) is 26.7 Å². The number of nitrogens with one attached hydrogen (secondary N) is 1. The van der Waals surface area contributed by atoms with Crippen LogP contribution in [0.1, 0.15) is 37.8 Å². The molecule has 0 bridgehead atoms. The normalized spacial score (nSPS) is 15.1. The summed E-state index contributed by atoms with van der Waals surface area (Å²) in [6, 6.07) is 9.40. The summed E-state index contributed by atoms with van der Waals surface area (Å²) in [6.45, 7) is 9.04. The van der Waals surface area contributed by atoms with Crippen molar-refractivity contribution in [2.45, 2.75) is 45.9 Å². The summed E-state index contributed by atoms with van der Waals surface area (Å²) in [4.78, 5) is 2.41. The van der Waals surface area contributed by atoms with E-state index in [0.717, 1.165) is 38.9 Å². The number of hydrogen-bond donors (Lipinski definition) is 1. The maximum absolute atomic E-state index is 5.87. The lowest BCUT2D eigenvalue weighted by Crippen LogP contribution is -2.25. The van der Waals surface area contributed by atoms with Crippen LogP contribution in [0.2, 0.25) is 0 Å². The van der Waals surface area contributed by atoms with Crippen molar-refractivity contribution in [2.24, 2.45) is 5.92 Å². The van der Waals surface area contributed by atoms with E-state index in [1.807, 2.05) is 0 Å². The van der Waals surface area contributed by atoms with Crippen LogP contribution in [-0.4, -0.2) is 37.7 Å². The minimum Gasteiger partial charge on any atom is -0.375 e. The molecule has 1 aliphatic carbocycles. The highest BCUT2D eigenvalue weighted by Gasteiger charge is 2.25. The largest absolute Gasteiger partial charge is 0.375 e. The van der Waals surface area contributed by atoms with Gasteiger partial charge in [-0.2, -0.15) is 0 Å². The molecule has 0 aliphatic heterocycles. The summed E-state index contributed by atoms with van der Waals surface area (Å²) in [5, 5.41) is 3.51. The van der Waals surface area contributed by atoms with Crippen molar-refractivity contribution in [1.29, 1.82) is 0 Å². The maximum atomic E-state index is 5.87. The molecule has 0 saturated heterocycles. The molecule has 1 saturated carbocycles. The van der Waals surface area contributed by atoms with Crippen molar-refractivity contribution < 1.29 is 4.74 Å². The predicted octanol–water partition coefficient (Wildman–Crippen LogP) is 3.04. The third-order valence-electron chi connectivity index (χ3n) is 4.00. The monoisotopic (exact) mass is 290 g/mol. The zero-order valence-electron chi connectivity index (χ0n) is 13.8. The molecule has 1 N–H and O–H groups in total. The standard InChI is InChI=1S/C18H30N2O/c1-15(2)12-19-13-16-6-4-5-7-17(16)14-21-11-10-20(3)18-8-9-18/h4-7,15,18-19H,8-14H2,1-3H3. The molecule has 3 nitrogen and oxygen atoms in total. The molecule has 1 aromatic carbocycles. The highest BCUT2D eigenvalue weighted by Crippen LogP contribution is 2.24. The fraction of sp³-hybridized carbons (Fsp3) is 0.667. The molecular formula is C18H30N2O. The van der Waals surface area contributed by atoms with E-state index in [9.17, 15) is 0 Å². The molecule has 0 unspecified atom stereocenters. The van der Waals surface area contributed by atoms with E-state index >= 15 is 0 Å². The minimum absolute atomic E-state index is 0.686. The Bertz CT molecular complexity index is 415. The molecule has 3 heteroatoms. The van der Waals surface area contributed by atoms with Gasteiger partial charge in [0.2, 0.25) is 0 Å². The molecule has 1 aromatic rings. The first-order chi connectivity index (χ1) is 10.2. The van der Waals surface area contributed by atoms with Crippen LogP contribution in [0, 0.1) is 5.92 Å². The van der Waals surface area contributed by atoms with Crippen molar-refractivity contribution in [3.63, 3.8) is 0 Å². The van der Waals surface area contributed by atoms with Crippen LogP contribution in [0.5, 0.6) is 0 Å². The third kappa shape index (κ3) is 6.16. The van der Waals surface area contributed by atoms with Crippen LogP contribution >= 0.6 is 0 Å². The van der Waals surface area contributed by atoms with E-state index in [0.29, 0.717) is 5.92 Å². The van der Waals surface area contributed by atoms with Gasteiger partial charge in [0.05, 0.1) is 13.2 Å². The van der Waals surface area contributed by atoms with Gasteiger partial charge in [-0.05, 0) is 43.5 Å². The Morgan fingerprint density at radius 2 is 1.95 bits per heavy atom. The quantitative estimate of drug-likeness (QED) is 0.670. The first-order valence-corrected chi connectivity index (χ1v) is 8.22. The van der Waals surface area contributed by atoms with Gasteiger partial charge in [-0.25, -0.2) is 0 Å². The van der Waals surface area contributed by atoms with Crippen LogP contribution in [0.3, 0.4) is 0 Å². The first kappa shape index (κ1) is 16.5. The number of nitrogens with zero attached hydrogens (tertiary/aromatic N) is 1. The topological polar surface area (TPSA) is 24.5 Å². The average Bonchev–Trinajstić information content (AvgIpc) is 3.29. The second-order valence-corrected chi connectivity index (χ2v) is 6.56. The smallest absolute Gasteiger partial charge is 0.0720 e. The van der Waals surface area contributed by atoms with Crippen molar-refractivity contribution in [1.82, 2.24) is 10.2 Å². The van der Waals surface area contributed by atoms with E-state index in [-0.39, 0.29) is 0 Å². The Morgan fingerprint density at radius 1 is 1.24 bits per heavy atom. The molecule has 1 fully saturated rings. The van der Waals surface area contributed by atoms with E-state index in [1.54, 1.807) is 0 Å². The van der Waals surface area contributed by atoms with Gasteiger partial charge in [0, 0.05) is 19.1 Å². The van der Waals surface area contributed by atoms with Gasteiger partial charge in [-0.3, -0.25) is 0 Å². The lowest BCUT2D eigenvalue weighted by Gasteiger charge is -2.16. The van der Waals surface area contributed by atoms with Crippen LogP contribution in [0.4, 0.5) is 0 Å². The van der Waals surface area contributed by atoms with E-state index in [2.05, 4.69) is 55.4 Å². The fourth-order valence-electron chi connectivity index (χ4n) is 2.45. The van der Waals surface area contributed by atoms with Gasteiger partial charge < -0.3 is 15.0 Å². The summed E-state index contributed by atoms with van der Waals surface area (Å²) in [6.07, 6.45) is 2.72. The minimum atomic E-state index is 0.686. The molecule has 21 heavy (non-hydrogen) atoms. The molecule has 1 aliphatic rings. The lowest BCUT2D eigenvalue weighted by molar-refractivity contribution is 0.0973. The highest BCUT2D eigenvalue weighted by molar-refractivity contribution is 5.26. The number of ether oxygens (including phenoxy) is 1. The molecule has 0 aromatic heterocycles. The van der Waals surface area contributed by atoms with Crippen molar-refractivity contribution in [3.8, 4) is 0 Å². The SMILES string of the molecule is CC(C)CNCc1ccccc1COCCN(C)C1CC1.